The third-order valence-corrected chi connectivity index (χ3v) is 3.76. The molecule has 0 amide bonds. The van der Waals surface area contributed by atoms with Gasteiger partial charge >= 0.3 is 0 Å². The van der Waals surface area contributed by atoms with Gasteiger partial charge in [-0.1, -0.05) is 0 Å². The van der Waals surface area contributed by atoms with Crippen LogP contribution in [0.4, 0.5) is 0 Å². The Hall–Kier alpha value is -4.14. The molecule has 0 saturated carbocycles. The smallest absolute Gasteiger partial charge is 0.172 e. The number of benzene rings is 1. The molecule has 0 N–H and O–H groups in total. The molecule has 0 atom stereocenters. The van der Waals surface area contributed by atoms with Crippen molar-refractivity contribution in [1.82, 2.24) is 19.1 Å². The molecular weight excluding hydrogens is 304 g/mol. The number of nitriles is 4. The molecule has 3 aromatic rings. The Balaban J connectivity index is 2.66. The average Bonchev–Trinajstić information content (AvgIpc) is 3.09. The maximum absolute atomic E-state index is 9.08. The number of fused-ring (bicyclic) bond motifs is 3. The molecule has 2 heterocycles. The van der Waals surface area contributed by atoms with Gasteiger partial charge in [-0.2, -0.15) is 21.0 Å². The van der Waals surface area contributed by atoms with Gasteiger partial charge in [0.25, 0.3) is 0 Å². The van der Waals surface area contributed by atoms with Crippen LogP contribution in [0.25, 0.3) is 33.2 Å². The number of aromatic nitrogens is 4. The molecule has 2 aromatic heterocycles. The van der Waals surface area contributed by atoms with Crippen molar-refractivity contribution in [2.75, 3.05) is 0 Å². The second-order valence-corrected chi connectivity index (χ2v) is 4.99. The Kier molecular flexibility index (Phi) is 3.23. The summed E-state index contributed by atoms with van der Waals surface area (Å²) in [5, 5.41) is 36.3. The van der Waals surface area contributed by atoms with Crippen LogP contribution in [0.2, 0.25) is 0 Å². The molecule has 24 heavy (non-hydrogen) atoms. The zero-order chi connectivity index (χ0) is 17.4. The second-order valence-electron chi connectivity index (χ2n) is 4.99. The first-order valence-electron chi connectivity index (χ1n) is 6.74. The molecule has 0 saturated heterocycles. The Morgan fingerprint density at radius 2 is 1.08 bits per heavy atom. The molecule has 0 bridgehead atoms. The molecule has 0 aliphatic heterocycles. The van der Waals surface area contributed by atoms with E-state index < -0.39 is 0 Å². The Bertz CT molecular complexity index is 1170. The van der Waals surface area contributed by atoms with Crippen LogP contribution in [0.5, 0.6) is 0 Å². The summed E-state index contributed by atoms with van der Waals surface area (Å²) in [4.78, 5) is 8.69. The molecule has 0 aliphatic carbocycles. The van der Waals surface area contributed by atoms with Crippen molar-refractivity contribution < 1.29 is 0 Å². The molecule has 8 heteroatoms. The largest absolute Gasteiger partial charge is 0.324 e. The minimum absolute atomic E-state index is 0.0921. The number of aryl methyl sites for hydroxylation is 2. The summed E-state index contributed by atoms with van der Waals surface area (Å²) in [6, 6.07) is 10.8. The number of hydrogen-bond donors (Lipinski definition) is 0. The van der Waals surface area contributed by atoms with E-state index in [1.54, 1.807) is 35.4 Å². The molecule has 3 rings (SSSR count). The van der Waals surface area contributed by atoms with Crippen LogP contribution in [0.15, 0.2) is 12.1 Å². The van der Waals surface area contributed by atoms with Crippen molar-refractivity contribution in [2.24, 2.45) is 14.1 Å². The lowest BCUT2D eigenvalue weighted by Crippen LogP contribution is -2.19. The van der Waals surface area contributed by atoms with Crippen LogP contribution in [-0.4, -0.2) is 19.1 Å². The first-order valence-corrected chi connectivity index (χ1v) is 6.74. The normalized spacial score (nSPS) is 9.92. The number of hydrogen-bond acceptors (Lipinski definition) is 6. The van der Waals surface area contributed by atoms with E-state index in [1.807, 2.05) is 24.3 Å². The molecule has 8 nitrogen and oxygen atoms in total. The highest BCUT2D eigenvalue weighted by atomic mass is 15.1. The average molecular weight is 312 g/mol. The maximum Gasteiger partial charge on any atom is 0.172 e. The van der Waals surface area contributed by atoms with Crippen molar-refractivity contribution >= 4 is 33.2 Å². The standard InChI is InChI=1S/C16H8N8/c1-23-13-11(21-15(23)9(5-17)6-18)3-4-12-14(13)24(2)16(22-12)10(7-19)8-20/h3-4H,1-2H3. The van der Waals surface area contributed by atoms with Crippen LogP contribution in [0, 0.1) is 45.3 Å². The van der Waals surface area contributed by atoms with Gasteiger partial charge in [0.1, 0.15) is 24.3 Å². The lowest BCUT2D eigenvalue weighted by molar-refractivity contribution is 0.876. The minimum Gasteiger partial charge on any atom is -0.324 e. The fourth-order valence-electron chi connectivity index (χ4n) is 2.69. The maximum atomic E-state index is 9.08. The van der Waals surface area contributed by atoms with Crippen molar-refractivity contribution in [1.29, 1.82) is 21.0 Å². The van der Waals surface area contributed by atoms with Gasteiger partial charge < -0.3 is 9.13 Å². The van der Waals surface area contributed by atoms with Gasteiger partial charge in [-0.15, -0.1) is 0 Å². The van der Waals surface area contributed by atoms with Gasteiger partial charge in [0, 0.05) is 14.1 Å². The SMILES string of the molecule is Cn1c(=C(C#N)C#N)nc2ccc3nc(=C(C#N)C#N)n(C)c3c21. The third-order valence-electron chi connectivity index (χ3n) is 3.76. The van der Waals surface area contributed by atoms with E-state index in [0.29, 0.717) is 22.1 Å². The first-order chi connectivity index (χ1) is 11.6. The predicted octanol–water partition coefficient (Wildman–Crippen LogP) is -0.144. The molecule has 0 fully saturated rings. The summed E-state index contributed by atoms with van der Waals surface area (Å²) in [5.41, 5.74) is 2.85. The van der Waals surface area contributed by atoms with E-state index in [2.05, 4.69) is 9.97 Å². The van der Waals surface area contributed by atoms with E-state index >= 15 is 0 Å². The van der Waals surface area contributed by atoms with Gasteiger partial charge in [0.2, 0.25) is 0 Å². The second kappa shape index (κ2) is 5.25. The van der Waals surface area contributed by atoms with Crippen molar-refractivity contribution in [3.05, 3.63) is 23.1 Å². The molecule has 0 aliphatic rings. The van der Waals surface area contributed by atoms with Crippen LogP contribution in [0.3, 0.4) is 0 Å². The summed E-state index contributed by atoms with van der Waals surface area (Å²) in [6.45, 7) is 0. The van der Waals surface area contributed by atoms with Crippen LogP contribution in [-0.2, 0) is 14.1 Å². The van der Waals surface area contributed by atoms with Gasteiger partial charge in [0.05, 0.1) is 22.1 Å². The predicted molar refractivity (Wildman–Crippen MR) is 83.5 cm³/mol. The fraction of sp³-hybridized carbons (Fsp3) is 0.125. The van der Waals surface area contributed by atoms with Crippen LogP contribution < -0.4 is 11.0 Å². The molecule has 0 spiro atoms. The van der Waals surface area contributed by atoms with Crippen molar-refractivity contribution in [2.45, 2.75) is 0 Å². The molecule has 112 valence electrons. The fourth-order valence-corrected chi connectivity index (χ4v) is 2.69. The van der Waals surface area contributed by atoms with E-state index in [1.165, 1.54) is 0 Å². The van der Waals surface area contributed by atoms with Crippen molar-refractivity contribution in [3.63, 3.8) is 0 Å². The Morgan fingerprint density at radius 1 is 0.750 bits per heavy atom. The van der Waals surface area contributed by atoms with E-state index in [-0.39, 0.29) is 22.1 Å². The summed E-state index contributed by atoms with van der Waals surface area (Å²) in [5.74, 6) is 0. The summed E-state index contributed by atoms with van der Waals surface area (Å²) >= 11 is 0. The third kappa shape index (κ3) is 1.82. The highest BCUT2D eigenvalue weighted by Crippen LogP contribution is 2.20. The van der Waals surface area contributed by atoms with Gasteiger partial charge in [-0.05, 0) is 12.1 Å². The zero-order valence-corrected chi connectivity index (χ0v) is 12.7. The lowest BCUT2D eigenvalue weighted by atomic mass is 10.2. The highest BCUT2D eigenvalue weighted by molar-refractivity contribution is 6.01. The van der Waals surface area contributed by atoms with Crippen LogP contribution in [0.1, 0.15) is 0 Å². The van der Waals surface area contributed by atoms with E-state index in [4.69, 9.17) is 21.0 Å². The number of nitrogens with zero attached hydrogens (tertiary/aromatic N) is 8. The van der Waals surface area contributed by atoms with Gasteiger partial charge in [-0.25, -0.2) is 9.97 Å². The van der Waals surface area contributed by atoms with E-state index in [9.17, 15) is 0 Å². The minimum atomic E-state index is -0.0921. The Labute approximate surface area is 135 Å². The summed E-state index contributed by atoms with van der Waals surface area (Å²) < 4.78 is 3.28. The topological polar surface area (TPSA) is 131 Å². The zero-order valence-electron chi connectivity index (χ0n) is 12.7. The van der Waals surface area contributed by atoms with E-state index in [0.717, 1.165) is 0 Å². The summed E-state index contributed by atoms with van der Waals surface area (Å²) in [6.07, 6.45) is 0. The van der Waals surface area contributed by atoms with Crippen molar-refractivity contribution in [3.8, 4) is 24.3 Å². The molecule has 0 radical (unpaired) electrons. The first kappa shape index (κ1) is 14.8. The van der Waals surface area contributed by atoms with Crippen LogP contribution >= 0.6 is 0 Å². The van der Waals surface area contributed by atoms with Gasteiger partial charge in [-0.3, -0.25) is 0 Å². The number of imidazole rings is 2. The monoisotopic (exact) mass is 312 g/mol. The molecular formula is C16H8N8. The molecule has 1 aromatic carbocycles. The quantitative estimate of drug-likeness (QED) is 0.567. The van der Waals surface area contributed by atoms with Gasteiger partial charge in [0.15, 0.2) is 22.1 Å². The molecule has 0 unspecified atom stereocenters. The Morgan fingerprint density at radius 3 is 1.38 bits per heavy atom. The highest BCUT2D eigenvalue weighted by Gasteiger charge is 2.15. The summed E-state index contributed by atoms with van der Waals surface area (Å²) in [7, 11) is 3.40. The number of rotatable bonds is 0. The lowest BCUT2D eigenvalue weighted by Gasteiger charge is -2.00.